The number of hydrogen-bond acceptors (Lipinski definition) is 2. The van der Waals surface area contributed by atoms with Gasteiger partial charge in [0, 0.05) is 5.41 Å². The van der Waals surface area contributed by atoms with Crippen LogP contribution in [-0.2, 0) is 0 Å². The second-order valence-corrected chi connectivity index (χ2v) is 5.02. The van der Waals surface area contributed by atoms with Gasteiger partial charge in [0.15, 0.2) is 0 Å². The van der Waals surface area contributed by atoms with Crippen LogP contribution in [0.5, 0.6) is 0 Å². The van der Waals surface area contributed by atoms with Crippen LogP contribution in [0.1, 0.15) is 33.1 Å². The highest BCUT2D eigenvalue weighted by atomic mass is 16.3. The monoisotopic (exact) mass is 220 g/mol. The molecule has 0 aromatic carbocycles. The minimum absolute atomic E-state index is 0.0552. The standard InChI is InChI=1S/C14H20O2/c1-10(8-15)12-5-6-13-11(9-16)4-3-7-14(12,13)2/h3-4,15-16H,5-9H2,1-2H3/b12-10-. The van der Waals surface area contributed by atoms with E-state index in [0.29, 0.717) is 0 Å². The average Bonchev–Trinajstić information content (AvgIpc) is 2.64. The Morgan fingerprint density at radius 1 is 1.38 bits per heavy atom. The fourth-order valence-corrected chi connectivity index (χ4v) is 3.21. The molecule has 2 N–H and O–H groups in total. The van der Waals surface area contributed by atoms with E-state index in [4.69, 9.17) is 0 Å². The molecule has 0 spiro atoms. The van der Waals surface area contributed by atoms with Crippen molar-refractivity contribution >= 4 is 0 Å². The lowest BCUT2D eigenvalue weighted by Gasteiger charge is -2.32. The Morgan fingerprint density at radius 2 is 2.12 bits per heavy atom. The van der Waals surface area contributed by atoms with Crippen molar-refractivity contribution < 1.29 is 10.2 Å². The molecular weight excluding hydrogens is 200 g/mol. The van der Waals surface area contributed by atoms with Crippen LogP contribution in [0, 0.1) is 5.41 Å². The Labute approximate surface area is 97.0 Å². The van der Waals surface area contributed by atoms with Crippen LogP contribution in [0.2, 0.25) is 0 Å². The molecule has 88 valence electrons. The second kappa shape index (κ2) is 4.19. The molecule has 2 heteroatoms. The van der Waals surface area contributed by atoms with Crippen molar-refractivity contribution in [3.63, 3.8) is 0 Å². The molecule has 1 atom stereocenters. The van der Waals surface area contributed by atoms with Gasteiger partial charge in [-0.1, -0.05) is 30.2 Å². The third-order valence-corrected chi connectivity index (χ3v) is 4.11. The maximum absolute atomic E-state index is 9.36. The van der Waals surface area contributed by atoms with Gasteiger partial charge in [0.2, 0.25) is 0 Å². The average molecular weight is 220 g/mol. The molecular formula is C14H20O2. The molecule has 0 amide bonds. The third-order valence-electron chi connectivity index (χ3n) is 4.11. The zero-order valence-electron chi connectivity index (χ0n) is 10.1. The van der Waals surface area contributed by atoms with E-state index in [9.17, 15) is 10.2 Å². The zero-order valence-corrected chi connectivity index (χ0v) is 10.1. The van der Waals surface area contributed by atoms with Crippen LogP contribution in [0.4, 0.5) is 0 Å². The van der Waals surface area contributed by atoms with Crippen molar-refractivity contribution in [3.05, 3.63) is 34.4 Å². The largest absolute Gasteiger partial charge is 0.392 e. The molecule has 0 aliphatic heterocycles. The topological polar surface area (TPSA) is 40.5 Å². The molecule has 2 rings (SSSR count). The molecule has 1 unspecified atom stereocenters. The third kappa shape index (κ3) is 1.57. The van der Waals surface area contributed by atoms with E-state index in [1.165, 1.54) is 11.1 Å². The minimum atomic E-state index is 0.0552. The first-order chi connectivity index (χ1) is 7.63. The van der Waals surface area contributed by atoms with Crippen molar-refractivity contribution in [2.75, 3.05) is 13.2 Å². The van der Waals surface area contributed by atoms with Gasteiger partial charge < -0.3 is 10.2 Å². The molecule has 16 heavy (non-hydrogen) atoms. The lowest BCUT2D eigenvalue weighted by atomic mass is 9.72. The van der Waals surface area contributed by atoms with Gasteiger partial charge in [-0.15, -0.1) is 0 Å². The van der Waals surface area contributed by atoms with Gasteiger partial charge >= 0.3 is 0 Å². The zero-order chi connectivity index (χ0) is 11.8. The van der Waals surface area contributed by atoms with E-state index in [1.54, 1.807) is 0 Å². The van der Waals surface area contributed by atoms with Crippen molar-refractivity contribution in [3.8, 4) is 0 Å². The van der Waals surface area contributed by atoms with Crippen molar-refractivity contribution in [2.24, 2.45) is 5.41 Å². The van der Waals surface area contributed by atoms with Crippen molar-refractivity contribution in [1.82, 2.24) is 0 Å². The summed E-state index contributed by atoms with van der Waals surface area (Å²) in [6.45, 7) is 4.53. The maximum Gasteiger partial charge on any atom is 0.0681 e. The number of aliphatic hydroxyl groups is 2. The highest BCUT2D eigenvalue weighted by Crippen LogP contribution is 2.53. The first-order valence-electron chi connectivity index (χ1n) is 5.93. The Balaban J connectivity index is 2.49. The molecule has 2 aliphatic carbocycles. The maximum atomic E-state index is 9.36. The van der Waals surface area contributed by atoms with Crippen molar-refractivity contribution in [1.29, 1.82) is 0 Å². The predicted octanol–water partition coefficient (Wildman–Crippen LogP) is 2.34. The highest BCUT2D eigenvalue weighted by Gasteiger charge is 2.40. The summed E-state index contributed by atoms with van der Waals surface area (Å²) in [6.07, 6.45) is 7.25. The summed E-state index contributed by atoms with van der Waals surface area (Å²) in [5.41, 5.74) is 4.99. The molecule has 1 fully saturated rings. The summed E-state index contributed by atoms with van der Waals surface area (Å²) in [6, 6.07) is 0. The van der Waals surface area contributed by atoms with Crippen LogP contribution in [0.3, 0.4) is 0 Å². The Morgan fingerprint density at radius 3 is 2.75 bits per heavy atom. The van der Waals surface area contributed by atoms with Crippen LogP contribution < -0.4 is 0 Å². The first kappa shape index (κ1) is 11.6. The SMILES string of the molecule is C/C(CO)=C1\CCC2=C(CO)C=CCC21C. The smallest absolute Gasteiger partial charge is 0.0681 e. The van der Waals surface area contributed by atoms with E-state index in [-0.39, 0.29) is 18.6 Å². The van der Waals surface area contributed by atoms with E-state index in [0.717, 1.165) is 30.4 Å². The van der Waals surface area contributed by atoms with Crippen LogP contribution in [0.15, 0.2) is 34.4 Å². The second-order valence-electron chi connectivity index (χ2n) is 5.02. The van der Waals surface area contributed by atoms with E-state index >= 15 is 0 Å². The predicted molar refractivity (Wildman–Crippen MR) is 65.0 cm³/mol. The van der Waals surface area contributed by atoms with Crippen LogP contribution in [-0.4, -0.2) is 23.4 Å². The number of rotatable bonds is 2. The fraction of sp³-hybridized carbons (Fsp3) is 0.571. The normalized spacial score (nSPS) is 32.0. The van der Waals surface area contributed by atoms with E-state index < -0.39 is 0 Å². The molecule has 0 aromatic heterocycles. The molecule has 1 saturated carbocycles. The van der Waals surface area contributed by atoms with Gasteiger partial charge in [0.05, 0.1) is 13.2 Å². The van der Waals surface area contributed by atoms with Gasteiger partial charge in [0.25, 0.3) is 0 Å². The van der Waals surface area contributed by atoms with Gasteiger partial charge in [0.1, 0.15) is 0 Å². The number of allylic oxidation sites excluding steroid dienone is 3. The van der Waals surface area contributed by atoms with Gasteiger partial charge in [-0.2, -0.15) is 0 Å². The quantitative estimate of drug-likeness (QED) is 0.701. The lowest BCUT2D eigenvalue weighted by molar-refractivity contribution is 0.322. The summed E-state index contributed by atoms with van der Waals surface area (Å²) < 4.78 is 0. The summed E-state index contributed by atoms with van der Waals surface area (Å²) in [5.74, 6) is 0. The summed E-state index contributed by atoms with van der Waals surface area (Å²) in [5, 5.41) is 18.6. The highest BCUT2D eigenvalue weighted by molar-refractivity contribution is 5.47. The van der Waals surface area contributed by atoms with E-state index in [1.807, 2.05) is 13.0 Å². The molecule has 0 bridgehead atoms. The molecule has 0 saturated heterocycles. The number of aliphatic hydroxyl groups excluding tert-OH is 2. The van der Waals surface area contributed by atoms with Crippen LogP contribution >= 0.6 is 0 Å². The van der Waals surface area contributed by atoms with Gasteiger partial charge in [-0.3, -0.25) is 0 Å². The molecule has 0 radical (unpaired) electrons. The van der Waals surface area contributed by atoms with Crippen molar-refractivity contribution in [2.45, 2.75) is 33.1 Å². The summed E-state index contributed by atoms with van der Waals surface area (Å²) in [7, 11) is 0. The van der Waals surface area contributed by atoms with E-state index in [2.05, 4.69) is 13.0 Å². The minimum Gasteiger partial charge on any atom is -0.392 e. The first-order valence-corrected chi connectivity index (χ1v) is 5.93. The Bertz CT molecular complexity index is 388. The Kier molecular flexibility index (Phi) is 3.04. The molecule has 2 aliphatic rings. The fourth-order valence-electron chi connectivity index (χ4n) is 3.21. The number of hydrogen-bond donors (Lipinski definition) is 2. The lowest BCUT2D eigenvalue weighted by Crippen LogP contribution is -2.21. The van der Waals surface area contributed by atoms with Gasteiger partial charge in [-0.25, -0.2) is 0 Å². The molecule has 0 aromatic rings. The molecule has 0 heterocycles. The number of fused-ring (bicyclic) bond motifs is 1. The molecule has 2 nitrogen and oxygen atoms in total. The summed E-state index contributed by atoms with van der Waals surface area (Å²) >= 11 is 0. The summed E-state index contributed by atoms with van der Waals surface area (Å²) in [4.78, 5) is 0. The van der Waals surface area contributed by atoms with Gasteiger partial charge in [-0.05, 0) is 37.3 Å². The Hall–Kier alpha value is -0.860. The van der Waals surface area contributed by atoms with Crippen LogP contribution in [0.25, 0.3) is 0 Å².